The van der Waals surface area contributed by atoms with E-state index in [-0.39, 0.29) is 18.9 Å². The fraction of sp³-hybridized carbons (Fsp3) is 0.312. The summed E-state index contributed by atoms with van der Waals surface area (Å²) in [5.74, 6) is 0.108. The van der Waals surface area contributed by atoms with Crippen LogP contribution in [0, 0.1) is 0 Å². The normalized spacial score (nSPS) is 10.2. The van der Waals surface area contributed by atoms with Crippen LogP contribution in [0.2, 0.25) is 0 Å². The van der Waals surface area contributed by atoms with Gasteiger partial charge in [0.05, 0.1) is 18.7 Å². The lowest BCUT2D eigenvalue weighted by Crippen LogP contribution is -2.31. The van der Waals surface area contributed by atoms with Crippen molar-refractivity contribution in [3.8, 4) is 11.3 Å². The Labute approximate surface area is 134 Å². The lowest BCUT2D eigenvalue weighted by atomic mass is 10.1. The fourth-order valence-corrected chi connectivity index (χ4v) is 2.08. The van der Waals surface area contributed by atoms with E-state index in [0.717, 1.165) is 11.3 Å². The van der Waals surface area contributed by atoms with Crippen LogP contribution < -0.4 is 10.6 Å². The molecule has 0 atom stereocenters. The molecule has 1 aromatic carbocycles. The number of amides is 2. The highest BCUT2D eigenvalue weighted by atomic mass is 16.5. The van der Waals surface area contributed by atoms with Crippen LogP contribution in [0.4, 0.5) is 10.6 Å². The number of benzene rings is 1. The number of hydrogen-bond donors (Lipinski definition) is 2. The Morgan fingerprint density at radius 2 is 2.00 bits per heavy atom. The number of aryl methyl sites for hydroxylation is 1. The van der Waals surface area contributed by atoms with Gasteiger partial charge in [-0.15, -0.1) is 0 Å². The number of aromatic nitrogens is 2. The highest BCUT2D eigenvalue weighted by Gasteiger charge is 2.10. The van der Waals surface area contributed by atoms with Gasteiger partial charge in [0.25, 0.3) is 0 Å². The number of ether oxygens (including phenoxy) is 1. The largest absolute Gasteiger partial charge is 0.466 e. The van der Waals surface area contributed by atoms with Gasteiger partial charge in [0.1, 0.15) is 0 Å². The average Bonchev–Trinajstić information content (AvgIpc) is 2.89. The van der Waals surface area contributed by atoms with Gasteiger partial charge in [-0.2, -0.15) is 5.10 Å². The highest BCUT2D eigenvalue weighted by Crippen LogP contribution is 2.21. The molecule has 2 amide bonds. The third kappa shape index (κ3) is 4.84. The fourth-order valence-electron chi connectivity index (χ4n) is 2.08. The lowest BCUT2D eigenvalue weighted by Gasteiger charge is -2.05. The van der Waals surface area contributed by atoms with Crippen molar-refractivity contribution in [1.82, 2.24) is 15.1 Å². The third-order valence-corrected chi connectivity index (χ3v) is 3.11. The summed E-state index contributed by atoms with van der Waals surface area (Å²) in [5.41, 5.74) is 1.91. The van der Waals surface area contributed by atoms with E-state index in [1.807, 2.05) is 37.4 Å². The Morgan fingerprint density at radius 1 is 1.26 bits per heavy atom. The molecule has 0 fully saturated rings. The van der Waals surface area contributed by atoms with Crippen LogP contribution >= 0.6 is 0 Å². The van der Waals surface area contributed by atoms with E-state index >= 15 is 0 Å². The van der Waals surface area contributed by atoms with Gasteiger partial charge in [0, 0.05) is 19.7 Å². The molecule has 122 valence electrons. The number of carbonyl (C=O) groups is 2. The predicted molar refractivity (Wildman–Crippen MR) is 86.9 cm³/mol. The number of urea groups is 1. The Bertz CT molecular complexity index is 667. The second kappa shape index (κ2) is 7.98. The molecule has 0 bridgehead atoms. The molecule has 2 rings (SSSR count). The van der Waals surface area contributed by atoms with Crippen molar-refractivity contribution in [3.05, 3.63) is 36.4 Å². The monoisotopic (exact) mass is 316 g/mol. The minimum Gasteiger partial charge on any atom is -0.466 e. The molecular formula is C16H20N4O3. The molecule has 0 aliphatic rings. The Kier molecular flexibility index (Phi) is 5.74. The van der Waals surface area contributed by atoms with Crippen LogP contribution in [0.5, 0.6) is 0 Å². The van der Waals surface area contributed by atoms with Gasteiger partial charge >= 0.3 is 12.0 Å². The van der Waals surface area contributed by atoms with Crippen LogP contribution in [0.15, 0.2) is 36.4 Å². The summed E-state index contributed by atoms with van der Waals surface area (Å²) in [5, 5.41) is 9.49. The molecule has 0 aliphatic carbocycles. The van der Waals surface area contributed by atoms with Crippen LogP contribution in [-0.4, -0.2) is 34.9 Å². The van der Waals surface area contributed by atoms with E-state index in [0.29, 0.717) is 12.4 Å². The number of carbonyl (C=O) groups excluding carboxylic acids is 2. The Balaban J connectivity index is 1.89. The van der Waals surface area contributed by atoms with E-state index in [9.17, 15) is 9.59 Å². The van der Waals surface area contributed by atoms with Gasteiger partial charge in [0.2, 0.25) is 0 Å². The minimum atomic E-state index is -0.410. The first-order valence-corrected chi connectivity index (χ1v) is 7.40. The molecule has 7 heteroatoms. The molecule has 23 heavy (non-hydrogen) atoms. The van der Waals surface area contributed by atoms with Crippen molar-refractivity contribution in [2.24, 2.45) is 7.05 Å². The lowest BCUT2D eigenvalue weighted by molar-refractivity contribution is -0.142. The van der Waals surface area contributed by atoms with Gasteiger partial charge in [-0.1, -0.05) is 30.3 Å². The van der Waals surface area contributed by atoms with E-state index in [1.54, 1.807) is 17.7 Å². The van der Waals surface area contributed by atoms with Crippen LogP contribution in [-0.2, 0) is 16.6 Å². The maximum absolute atomic E-state index is 11.8. The van der Waals surface area contributed by atoms with E-state index in [1.165, 1.54) is 0 Å². The number of esters is 1. The number of rotatable bonds is 6. The first kappa shape index (κ1) is 16.5. The Morgan fingerprint density at radius 3 is 2.70 bits per heavy atom. The summed E-state index contributed by atoms with van der Waals surface area (Å²) in [6.07, 6.45) is 0.138. The van der Waals surface area contributed by atoms with Crippen molar-refractivity contribution in [2.45, 2.75) is 13.3 Å². The smallest absolute Gasteiger partial charge is 0.320 e. The molecule has 2 aromatic rings. The molecule has 0 saturated carbocycles. The molecule has 1 aromatic heterocycles. The summed E-state index contributed by atoms with van der Waals surface area (Å²) < 4.78 is 6.48. The third-order valence-electron chi connectivity index (χ3n) is 3.11. The van der Waals surface area contributed by atoms with Gasteiger partial charge in [-0.25, -0.2) is 4.79 Å². The van der Waals surface area contributed by atoms with Gasteiger partial charge in [0.15, 0.2) is 5.82 Å². The molecule has 0 spiro atoms. The summed E-state index contributed by atoms with van der Waals surface area (Å²) in [6.45, 7) is 2.29. The zero-order valence-electron chi connectivity index (χ0n) is 13.2. The molecule has 1 heterocycles. The number of nitrogens with one attached hydrogen (secondary N) is 2. The number of hydrogen-bond acceptors (Lipinski definition) is 4. The van der Waals surface area contributed by atoms with Crippen molar-refractivity contribution in [1.29, 1.82) is 0 Å². The second-order valence-corrected chi connectivity index (χ2v) is 4.84. The molecular weight excluding hydrogens is 296 g/mol. The van der Waals surface area contributed by atoms with Crippen molar-refractivity contribution in [2.75, 3.05) is 18.5 Å². The van der Waals surface area contributed by atoms with Gasteiger partial charge in [-0.3, -0.25) is 14.8 Å². The zero-order chi connectivity index (χ0) is 16.7. The summed E-state index contributed by atoms with van der Waals surface area (Å²) in [6, 6.07) is 11.2. The van der Waals surface area contributed by atoms with Gasteiger partial charge in [-0.05, 0) is 12.5 Å². The maximum Gasteiger partial charge on any atom is 0.320 e. The standard InChI is InChI=1S/C16H20N4O3/c1-3-23-15(21)9-10-17-16(22)18-14-11-13(20(2)19-14)12-7-5-4-6-8-12/h4-8,11H,3,9-10H2,1-2H3,(H2,17,18,19,22). The molecule has 0 unspecified atom stereocenters. The average molecular weight is 316 g/mol. The quantitative estimate of drug-likeness (QED) is 0.800. The van der Waals surface area contributed by atoms with Crippen molar-refractivity contribution >= 4 is 17.8 Å². The van der Waals surface area contributed by atoms with Gasteiger partial charge < -0.3 is 10.1 Å². The first-order chi connectivity index (χ1) is 11.1. The van der Waals surface area contributed by atoms with Crippen molar-refractivity contribution in [3.63, 3.8) is 0 Å². The zero-order valence-corrected chi connectivity index (χ0v) is 13.2. The second-order valence-electron chi connectivity index (χ2n) is 4.84. The molecule has 0 aliphatic heterocycles. The highest BCUT2D eigenvalue weighted by molar-refractivity contribution is 5.89. The van der Waals surface area contributed by atoms with E-state index in [4.69, 9.17) is 4.74 Å². The minimum absolute atomic E-state index is 0.138. The van der Waals surface area contributed by atoms with E-state index < -0.39 is 6.03 Å². The van der Waals surface area contributed by atoms with Crippen LogP contribution in [0.25, 0.3) is 11.3 Å². The molecule has 0 saturated heterocycles. The summed E-state index contributed by atoms with van der Waals surface area (Å²) in [4.78, 5) is 23.0. The number of nitrogens with zero attached hydrogens (tertiary/aromatic N) is 2. The SMILES string of the molecule is CCOC(=O)CCNC(=O)Nc1cc(-c2ccccc2)n(C)n1. The Hall–Kier alpha value is -2.83. The molecule has 2 N–H and O–H groups in total. The first-order valence-electron chi connectivity index (χ1n) is 7.40. The molecule has 0 radical (unpaired) electrons. The number of anilines is 1. The maximum atomic E-state index is 11.8. The summed E-state index contributed by atoms with van der Waals surface area (Å²) in [7, 11) is 1.81. The summed E-state index contributed by atoms with van der Waals surface area (Å²) >= 11 is 0. The van der Waals surface area contributed by atoms with Crippen molar-refractivity contribution < 1.29 is 14.3 Å². The van der Waals surface area contributed by atoms with E-state index in [2.05, 4.69) is 15.7 Å². The predicted octanol–water partition coefficient (Wildman–Crippen LogP) is 2.16. The van der Waals surface area contributed by atoms with Crippen LogP contribution in [0.3, 0.4) is 0 Å². The van der Waals surface area contributed by atoms with Crippen LogP contribution in [0.1, 0.15) is 13.3 Å². The topological polar surface area (TPSA) is 85.2 Å². The molecule has 7 nitrogen and oxygen atoms in total.